The normalized spacial score (nSPS) is 12.1. The highest BCUT2D eigenvalue weighted by molar-refractivity contribution is 5.96. The molecule has 0 aliphatic carbocycles. The third kappa shape index (κ3) is 5.72. The van der Waals surface area contributed by atoms with Crippen LogP contribution in [0.15, 0.2) is 42.5 Å². The Bertz CT molecular complexity index is 1250. The lowest BCUT2D eigenvalue weighted by molar-refractivity contribution is -0.148. The molecule has 3 rings (SSSR count). The molecule has 1 heterocycles. The van der Waals surface area contributed by atoms with E-state index in [4.69, 9.17) is 4.74 Å². The lowest BCUT2D eigenvalue weighted by atomic mass is 10.1. The molecule has 178 valence electrons. The van der Waals surface area contributed by atoms with Gasteiger partial charge >= 0.3 is 5.97 Å². The molecule has 34 heavy (non-hydrogen) atoms. The Kier molecular flexibility index (Phi) is 7.55. The zero-order chi connectivity index (χ0) is 25.0. The van der Waals surface area contributed by atoms with Gasteiger partial charge in [0, 0.05) is 17.3 Å². The second kappa shape index (κ2) is 10.4. The van der Waals surface area contributed by atoms with E-state index in [2.05, 4.69) is 10.4 Å². The maximum absolute atomic E-state index is 13.7. The average molecular weight is 471 g/mol. The van der Waals surface area contributed by atoms with Gasteiger partial charge in [0.05, 0.1) is 17.9 Å². The minimum absolute atomic E-state index is 0.561. The van der Waals surface area contributed by atoms with Gasteiger partial charge in [-0.25, -0.2) is 18.0 Å². The molecule has 0 aliphatic heterocycles. The Morgan fingerprint density at radius 3 is 2.41 bits per heavy atom. The molecule has 1 aromatic heterocycles. The van der Waals surface area contributed by atoms with Crippen LogP contribution in [0.3, 0.4) is 0 Å². The number of esters is 1. The third-order valence-corrected chi connectivity index (χ3v) is 5.23. The predicted molar refractivity (Wildman–Crippen MR) is 122 cm³/mol. The van der Waals surface area contributed by atoms with E-state index in [0.717, 1.165) is 34.5 Å². The van der Waals surface area contributed by atoms with Crippen LogP contribution in [-0.2, 0) is 20.9 Å². The summed E-state index contributed by atoms with van der Waals surface area (Å²) in [5, 5.41) is 6.59. The van der Waals surface area contributed by atoms with Crippen molar-refractivity contribution in [3.05, 3.63) is 88.0 Å². The molecule has 9 heteroatoms. The lowest BCUT2D eigenvalue weighted by Gasteiger charge is -2.13. The van der Waals surface area contributed by atoms with Crippen LogP contribution < -0.4 is 5.32 Å². The first kappa shape index (κ1) is 24.8. The van der Waals surface area contributed by atoms with Gasteiger partial charge in [-0.1, -0.05) is 29.8 Å². The number of nitrogens with zero attached hydrogens (tertiary/aromatic N) is 2. The number of carbonyl (C=O) groups excluding carboxylic acids is 2. The van der Waals surface area contributed by atoms with E-state index in [-0.39, 0.29) is 0 Å². The number of halogens is 3. The molecule has 1 atom stereocenters. The number of amides is 1. The molecule has 0 aliphatic rings. The molecule has 0 radical (unpaired) electrons. The van der Waals surface area contributed by atoms with Crippen molar-refractivity contribution in [3.8, 4) is 0 Å². The minimum Gasteiger partial charge on any atom is -0.449 e. The van der Waals surface area contributed by atoms with Crippen molar-refractivity contribution in [2.45, 2.75) is 40.3 Å². The SMILES string of the molecule is Cc1ccc(Cn2nc(C)c(/C=C/C(=O)OC(C)C(=O)Nc3ccc(F)c(F)c3F)c2C)cc1. The van der Waals surface area contributed by atoms with Crippen molar-refractivity contribution >= 4 is 23.6 Å². The Hall–Kier alpha value is -3.88. The highest BCUT2D eigenvalue weighted by atomic mass is 19.2. The van der Waals surface area contributed by atoms with Crippen LogP contribution in [0.1, 0.15) is 35.0 Å². The topological polar surface area (TPSA) is 73.2 Å². The fourth-order valence-corrected chi connectivity index (χ4v) is 3.25. The van der Waals surface area contributed by atoms with E-state index < -0.39 is 41.1 Å². The summed E-state index contributed by atoms with van der Waals surface area (Å²) in [7, 11) is 0. The minimum atomic E-state index is -1.71. The molecule has 1 N–H and O–H groups in total. The molecule has 0 saturated carbocycles. The number of ether oxygens (including phenoxy) is 1. The molecule has 0 fully saturated rings. The number of nitrogens with one attached hydrogen (secondary N) is 1. The maximum Gasteiger partial charge on any atom is 0.331 e. The molecule has 6 nitrogen and oxygen atoms in total. The van der Waals surface area contributed by atoms with E-state index >= 15 is 0 Å². The molecule has 0 bridgehead atoms. The van der Waals surface area contributed by atoms with Gasteiger partial charge in [-0.15, -0.1) is 0 Å². The number of rotatable bonds is 7. The number of carbonyl (C=O) groups is 2. The number of aryl methyl sites for hydroxylation is 2. The number of hydrogen-bond donors (Lipinski definition) is 1. The molecule has 1 amide bonds. The molecule has 2 aromatic carbocycles. The van der Waals surface area contributed by atoms with Gasteiger partial charge in [-0.3, -0.25) is 9.48 Å². The second-order valence-electron chi connectivity index (χ2n) is 7.85. The van der Waals surface area contributed by atoms with Crippen molar-refractivity contribution in [2.75, 3.05) is 5.32 Å². The zero-order valence-corrected chi connectivity index (χ0v) is 19.2. The molecule has 3 aromatic rings. The van der Waals surface area contributed by atoms with Gasteiger partial charge in [0.25, 0.3) is 5.91 Å². The van der Waals surface area contributed by atoms with E-state index in [1.165, 1.54) is 6.92 Å². The summed E-state index contributed by atoms with van der Waals surface area (Å²) in [6.07, 6.45) is 1.40. The lowest BCUT2D eigenvalue weighted by Crippen LogP contribution is -2.30. The Morgan fingerprint density at radius 1 is 1.06 bits per heavy atom. The molecule has 1 unspecified atom stereocenters. The van der Waals surface area contributed by atoms with Gasteiger partial charge in [-0.05, 0) is 51.5 Å². The van der Waals surface area contributed by atoms with Gasteiger partial charge in [0.2, 0.25) is 0 Å². The van der Waals surface area contributed by atoms with Crippen LogP contribution in [0.2, 0.25) is 0 Å². The number of benzene rings is 2. The molecular formula is C25H24F3N3O3. The van der Waals surface area contributed by atoms with Crippen molar-refractivity contribution in [1.82, 2.24) is 9.78 Å². The van der Waals surface area contributed by atoms with Crippen molar-refractivity contribution < 1.29 is 27.5 Å². The van der Waals surface area contributed by atoms with Gasteiger partial charge in [-0.2, -0.15) is 5.10 Å². The second-order valence-corrected chi connectivity index (χ2v) is 7.85. The quantitative estimate of drug-likeness (QED) is 0.304. The van der Waals surface area contributed by atoms with Crippen molar-refractivity contribution in [1.29, 1.82) is 0 Å². The summed E-state index contributed by atoms with van der Waals surface area (Å²) >= 11 is 0. The Balaban J connectivity index is 1.63. The Morgan fingerprint density at radius 2 is 1.74 bits per heavy atom. The fourth-order valence-electron chi connectivity index (χ4n) is 3.25. The van der Waals surface area contributed by atoms with Crippen LogP contribution in [-0.4, -0.2) is 27.8 Å². The van der Waals surface area contributed by atoms with E-state index in [0.29, 0.717) is 18.3 Å². The summed E-state index contributed by atoms with van der Waals surface area (Å²) in [5.41, 5.74) is 4.00. The first-order valence-corrected chi connectivity index (χ1v) is 10.5. The Labute approximate surface area is 195 Å². The van der Waals surface area contributed by atoms with Crippen LogP contribution in [0.25, 0.3) is 6.08 Å². The average Bonchev–Trinajstić information content (AvgIpc) is 3.06. The van der Waals surface area contributed by atoms with Crippen LogP contribution in [0, 0.1) is 38.2 Å². The van der Waals surface area contributed by atoms with Crippen LogP contribution in [0.4, 0.5) is 18.9 Å². The third-order valence-electron chi connectivity index (χ3n) is 5.23. The van der Waals surface area contributed by atoms with E-state index in [1.807, 2.05) is 49.7 Å². The number of anilines is 1. The van der Waals surface area contributed by atoms with Crippen LogP contribution >= 0.6 is 0 Å². The largest absolute Gasteiger partial charge is 0.449 e. The summed E-state index contributed by atoms with van der Waals surface area (Å²) in [6.45, 7) is 7.56. The molecule has 0 saturated heterocycles. The maximum atomic E-state index is 13.7. The van der Waals surface area contributed by atoms with E-state index in [1.54, 1.807) is 6.08 Å². The van der Waals surface area contributed by atoms with Crippen LogP contribution in [0.5, 0.6) is 0 Å². The van der Waals surface area contributed by atoms with Gasteiger partial charge in [0.1, 0.15) is 0 Å². The van der Waals surface area contributed by atoms with Gasteiger partial charge in [0.15, 0.2) is 23.6 Å². The summed E-state index contributed by atoms with van der Waals surface area (Å²) in [5.74, 6) is -6.34. The summed E-state index contributed by atoms with van der Waals surface area (Å²) in [6, 6.07) is 9.65. The first-order chi connectivity index (χ1) is 16.1. The molecular weight excluding hydrogens is 447 g/mol. The smallest absolute Gasteiger partial charge is 0.331 e. The van der Waals surface area contributed by atoms with Gasteiger partial charge < -0.3 is 10.1 Å². The fraction of sp³-hybridized carbons (Fsp3) is 0.240. The van der Waals surface area contributed by atoms with Crippen molar-refractivity contribution in [2.24, 2.45) is 0 Å². The van der Waals surface area contributed by atoms with Crippen molar-refractivity contribution in [3.63, 3.8) is 0 Å². The zero-order valence-electron chi connectivity index (χ0n) is 19.2. The predicted octanol–water partition coefficient (Wildman–Crippen LogP) is 4.86. The highest BCUT2D eigenvalue weighted by Gasteiger charge is 2.21. The standard InChI is InChI=1S/C25H24F3N3O3/c1-14-5-7-18(8-6-14)13-31-16(3)19(15(2)30-31)9-12-22(32)34-17(4)25(33)29-21-11-10-20(26)23(27)24(21)28/h5-12,17H,13H2,1-4H3,(H,29,33)/b12-9+. The summed E-state index contributed by atoms with van der Waals surface area (Å²) < 4.78 is 46.9. The van der Waals surface area contributed by atoms with E-state index in [9.17, 15) is 22.8 Å². The summed E-state index contributed by atoms with van der Waals surface area (Å²) in [4.78, 5) is 24.4. The molecule has 0 spiro atoms. The number of aromatic nitrogens is 2. The monoisotopic (exact) mass is 471 g/mol. The number of hydrogen-bond acceptors (Lipinski definition) is 4. The first-order valence-electron chi connectivity index (χ1n) is 10.5. The highest BCUT2D eigenvalue weighted by Crippen LogP contribution is 2.20.